The molecule has 1 amide bonds. The molecule has 2 N–H and O–H groups in total. The van der Waals surface area contributed by atoms with E-state index in [1.807, 2.05) is 30.3 Å². The van der Waals surface area contributed by atoms with Gasteiger partial charge in [0.15, 0.2) is 0 Å². The van der Waals surface area contributed by atoms with Gasteiger partial charge in [0.05, 0.1) is 0 Å². The van der Waals surface area contributed by atoms with Crippen LogP contribution in [0.3, 0.4) is 0 Å². The predicted octanol–water partition coefficient (Wildman–Crippen LogP) is 10.2. The summed E-state index contributed by atoms with van der Waals surface area (Å²) in [6.45, 7) is 2.29. The second-order valence-corrected chi connectivity index (χ2v) is 11.7. The first-order valence-corrected chi connectivity index (χ1v) is 16.7. The first kappa shape index (κ1) is 35.2. The molecule has 0 spiro atoms. The lowest BCUT2D eigenvalue weighted by molar-refractivity contribution is -0.141. The van der Waals surface area contributed by atoms with E-state index in [-0.39, 0.29) is 5.91 Å². The van der Waals surface area contributed by atoms with Gasteiger partial charge in [-0.15, -0.1) is 0 Å². The fourth-order valence-corrected chi connectivity index (χ4v) is 5.39. The number of carboxylic acids is 1. The van der Waals surface area contributed by atoms with Crippen molar-refractivity contribution in [2.75, 3.05) is 0 Å². The average molecular weight is 544 g/mol. The Labute approximate surface area is 241 Å². The lowest BCUT2D eigenvalue weighted by atomic mass is 10.0. The van der Waals surface area contributed by atoms with Crippen LogP contribution < -0.4 is 5.32 Å². The van der Waals surface area contributed by atoms with Gasteiger partial charge in [0, 0.05) is 12.8 Å². The van der Waals surface area contributed by atoms with Gasteiger partial charge < -0.3 is 10.4 Å². The standard InChI is InChI=1S/C35H61NO3/c1-2-3-4-5-6-7-8-9-10-11-12-13-14-15-16-17-18-19-20-21-22-23-27-30-34(37)36-33(35(38)39)31-32-28-25-24-26-29-32/h24-26,28-29,33H,2-23,27,30-31H2,1H3,(H,36,37)(H,38,39)/t33-/m0/s1. The molecule has 1 rings (SSSR count). The molecule has 0 radical (unpaired) electrons. The summed E-state index contributed by atoms with van der Waals surface area (Å²) in [4.78, 5) is 23.7. The van der Waals surface area contributed by atoms with Crippen molar-refractivity contribution in [2.45, 2.75) is 173 Å². The van der Waals surface area contributed by atoms with Gasteiger partial charge in [-0.3, -0.25) is 4.79 Å². The summed E-state index contributed by atoms with van der Waals surface area (Å²) in [5, 5.41) is 12.1. The molecule has 39 heavy (non-hydrogen) atoms. The van der Waals surface area contributed by atoms with Crippen LogP contribution in [0.5, 0.6) is 0 Å². The lowest BCUT2D eigenvalue weighted by Crippen LogP contribution is -2.42. The van der Waals surface area contributed by atoms with E-state index in [1.165, 1.54) is 135 Å². The molecule has 0 aliphatic rings. The quantitative estimate of drug-likeness (QED) is 0.103. The maximum atomic E-state index is 12.2. The van der Waals surface area contributed by atoms with E-state index in [9.17, 15) is 14.7 Å². The third-order valence-electron chi connectivity index (χ3n) is 7.92. The van der Waals surface area contributed by atoms with Crippen LogP contribution in [0.4, 0.5) is 0 Å². The monoisotopic (exact) mass is 543 g/mol. The van der Waals surface area contributed by atoms with Crippen molar-refractivity contribution in [1.82, 2.24) is 5.32 Å². The van der Waals surface area contributed by atoms with Crippen LogP contribution in [0, 0.1) is 0 Å². The molecule has 0 saturated heterocycles. The number of nitrogens with one attached hydrogen (secondary N) is 1. The molecule has 224 valence electrons. The van der Waals surface area contributed by atoms with E-state index in [4.69, 9.17) is 0 Å². The Balaban J connectivity index is 1.81. The number of aliphatic carboxylic acids is 1. The van der Waals surface area contributed by atoms with Gasteiger partial charge in [-0.2, -0.15) is 0 Å². The Morgan fingerprint density at radius 2 is 0.949 bits per heavy atom. The molecule has 0 aliphatic heterocycles. The molecule has 1 atom stereocenters. The highest BCUT2D eigenvalue weighted by Crippen LogP contribution is 2.15. The van der Waals surface area contributed by atoms with Crippen molar-refractivity contribution in [3.63, 3.8) is 0 Å². The van der Waals surface area contributed by atoms with E-state index in [0.717, 1.165) is 18.4 Å². The lowest BCUT2D eigenvalue weighted by Gasteiger charge is -2.14. The minimum atomic E-state index is -0.975. The minimum Gasteiger partial charge on any atom is -0.480 e. The third kappa shape index (κ3) is 22.7. The number of benzene rings is 1. The van der Waals surface area contributed by atoms with Gasteiger partial charge in [-0.25, -0.2) is 4.79 Å². The second-order valence-electron chi connectivity index (χ2n) is 11.7. The first-order valence-electron chi connectivity index (χ1n) is 16.7. The summed E-state index contributed by atoms with van der Waals surface area (Å²) >= 11 is 0. The third-order valence-corrected chi connectivity index (χ3v) is 7.92. The highest BCUT2D eigenvalue weighted by atomic mass is 16.4. The maximum Gasteiger partial charge on any atom is 0.326 e. The van der Waals surface area contributed by atoms with Crippen LogP contribution >= 0.6 is 0 Å². The molecule has 1 aromatic rings. The van der Waals surface area contributed by atoms with E-state index >= 15 is 0 Å². The van der Waals surface area contributed by atoms with Gasteiger partial charge in [0.25, 0.3) is 0 Å². The van der Waals surface area contributed by atoms with Crippen molar-refractivity contribution >= 4 is 11.9 Å². The van der Waals surface area contributed by atoms with E-state index in [2.05, 4.69) is 12.2 Å². The van der Waals surface area contributed by atoms with Gasteiger partial charge in [-0.1, -0.05) is 179 Å². The fourth-order valence-electron chi connectivity index (χ4n) is 5.39. The SMILES string of the molecule is CCCCCCCCCCCCCCCCCCCCCCCCCC(=O)N[C@@H](Cc1ccccc1)C(=O)O. The van der Waals surface area contributed by atoms with E-state index in [0.29, 0.717) is 12.8 Å². The first-order chi connectivity index (χ1) is 19.1. The Bertz CT molecular complexity index is 690. The zero-order chi connectivity index (χ0) is 28.2. The zero-order valence-corrected chi connectivity index (χ0v) is 25.4. The molecular formula is C35H61NO3. The van der Waals surface area contributed by atoms with Crippen molar-refractivity contribution in [3.8, 4) is 0 Å². The number of hydrogen-bond acceptors (Lipinski definition) is 2. The number of carbonyl (C=O) groups excluding carboxylic acids is 1. The van der Waals surface area contributed by atoms with Crippen LogP contribution in [-0.2, 0) is 16.0 Å². The summed E-state index contributed by atoms with van der Waals surface area (Å²) in [5.41, 5.74) is 0.921. The minimum absolute atomic E-state index is 0.151. The Morgan fingerprint density at radius 3 is 1.31 bits per heavy atom. The Hall–Kier alpha value is -1.84. The molecule has 0 aromatic heterocycles. The molecule has 0 unspecified atom stereocenters. The number of hydrogen-bond donors (Lipinski definition) is 2. The molecule has 4 nitrogen and oxygen atoms in total. The summed E-state index contributed by atoms with van der Waals surface area (Å²) < 4.78 is 0. The number of unbranched alkanes of at least 4 members (excludes halogenated alkanes) is 22. The molecule has 0 heterocycles. The zero-order valence-electron chi connectivity index (χ0n) is 25.4. The molecule has 0 bridgehead atoms. The molecule has 0 saturated carbocycles. The highest BCUT2D eigenvalue weighted by Gasteiger charge is 2.19. The van der Waals surface area contributed by atoms with Gasteiger partial charge in [0.1, 0.15) is 6.04 Å². The van der Waals surface area contributed by atoms with Crippen LogP contribution in [0.25, 0.3) is 0 Å². The average Bonchev–Trinajstić information content (AvgIpc) is 2.93. The molecule has 0 fully saturated rings. The van der Waals surface area contributed by atoms with Gasteiger partial charge in [-0.05, 0) is 12.0 Å². The van der Waals surface area contributed by atoms with Crippen LogP contribution in [-0.4, -0.2) is 23.0 Å². The molecule has 1 aromatic carbocycles. The van der Waals surface area contributed by atoms with Crippen molar-refractivity contribution < 1.29 is 14.7 Å². The van der Waals surface area contributed by atoms with Gasteiger partial charge >= 0.3 is 5.97 Å². The van der Waals surface area contributed by atoms with Crippen LogP contribution in [0.1, 0.15) is 167 Å². The number of amides is 1. The fraction of sp³-hybridized carbons (Fsp3) is 0.771. The molecule has 0 aliphatic carbocycles. The predicted molar refractivity (Wildman–Crippen MR) is 166 cm³/mol. The van der Waals surface area contributed by atoms with Crippen LogP contribution in [0.2, 0.25) is 0 Å². The number of rotatable bonds is 28. The Kier molecular flexibility index (Phi) is 23.8. The topological polar surface area (TPSA) is 66.4 Å². The highest BCUT2D eigenvalue weighted by molar-refractivity contribution is 5.83. The van der Waals surface area contributed by atoms with Crippen molar-refractivity contribution in [1.29, 1.82) is 0 Å². The van der Waals surface area contributed by atoms with Crippen molar-refractivity contribution in [2.24, 2.45) is 0 Å². The number of carbonyl (C=O) groups is 2. The summed E-state index contributed by atoms with van der Waals surface area (Å²) in [5.74, 6) is -1.13. The Morgan fingerprint density at radius 1 is 0.590 bits per heavy atom. The second kappa shape index (κ2) is 26.4. The smallest absolute Gasteiger partial charge is 0.326 e. The summed E-state index contributed by atoms with van der Waals surface area (Å²) in [6, 6.07) is 8.60. The van der Waals surface area contributed by atoms with E-state index in [1.54, 1.807) is 0 Å². The van der Waals surface area contributed by atoms with E-state index < -0.39 is 12.0 Å². The van der Waals surface area contributed by atoms with Crippen LogP contribution in [0.15, 0.2) is 30.3 Å². The molecule has 4 heteroatoms. The largest absolute Gasteiger partial charge is 0.480 e. The van der Waals surface area contributed by atoms with Gasteiger partial charge in [0.2, 0.25) is 5.91 Å². The van der Waals surface area contributed by atoms with Crippen molar-refractivity contribution in [3.05, 3.63) is 35.9 Å². The molecular weight excluding hydrogens is 482 g/mol. The summed E-state index contributed by atoms with van der Waals surface area (Å²) in [6.07, 6.45) is 31.8. The normalized spacial score (nSPS) is 11.9. The summed E-state index contributed by atoms with van der Waals surface area (Å²) in [7, 11) is 0. The number of carboxylic acid groups (broad SMARTS) is 1. The maximum absolute atomic E-state index is 12.2.